The van der Waals surface area contributed by atoms with Gasteiger partial charge in [0.2, 0.25) is 0 Å². The zero-order chi connectivity index (χ0) is 16.4. The van der Waals surface area contributed by atoms with Crippen LogP contribution < -0.4 is 0 Å². The fourth-order valence-corrected chi connectivity index (χ4v) is 3.63. The molecule has 0 heterocycles. The molecule has 2 unspecified atom stereocenters. The van der Waals surface area contributed by atoms with E-state index in [1.54, 1.807) is 6.08 Å². The number of ketones is 1. The summed E-state index contributed by atoms with van der Waals surface area (Å²) in [6, 6.07) is 17.0. The highest BCUT2D eigenvalue weighted by atomic mass is 16.1. The van der Waals surface area contributed by atoms with E-state index in [4.69, 9.17) is 0 Å². The van der Waals surface area contributed by atoms with Crippen molar-refractivity contribution in [3.05, 3.63) is 76.9 Å². The van der Waals surface area contributed by atoms with Gasteiger partial charge in [0.05, 0.1) is 5.92 Å². The first-order valence-corrected chi connectivity index (χ1v) is 8.43. The molecule has 118 valence electrons. The molecule has 0 aromatic heterocycles. The van der Waals surface area contributed by atoms with Gasteiger partial charge in [0.15, 0.2) is 5.78 Å². The third-order valence-electron chi connectivity index (χ3n) is 4.67. The van der Waals surface area contributed by atoms with Crippen LogP contribution in [0, 0.1) is 12.8 Å². The number of carbonyl (C=O) groups is 1. The second-order valence-electron chi connectivity index (χ2n) is 6.99. The van der Waals surface area contributed by atoms with E-state index in [1.165, 1.54) is 22.3 Å². The van der Waals surface area contributed by atoms with Crippen LogP contribution in [0.4, 0.5) is 0 Å². The first kappa shape index (κ1) is 15.7. The van der Waals surface area contributed by atoms with Crippen LogP contribution in [0.15, 0.2) is 54.6 Å². The van der Waals surface area contributed by atoms with E-state index in [-0.39, 0.29) is 17.6 Å². The highest BCUT2D eigenvalue weighted by Crippen LogP contribution is 2.42. The summed E-state index contributed by atoms with van der Waals surface area (Å²) >= 11 is 0. The number of aryl methyl sites for hydroxylation is 1. The monoisotopic (exact) mass is 304 g/mol. The largest absolute Gasteiger partial charge is 0.294 e. The number of fused-ring (bicyclic) bond motifs is 1. The van der Waals surface area contributed by atoms with Gasteiger partial charge in [0.25, 0.3) is 0 Å². The van der Waals surface area contributed by atoms with Crippen molar-refractivity contribution in [1.29, 1.82) is 0 Å². The zero-order valence-corrected chi connectivity index (χ0v) is 14.1. The third-order valence-corrected chi connectivity index (χ3v) is 4.67. The van der Waals surface area contributed by atoms with Gasteiger partial charge in [0, 0.05) is 0 Å². The lowest BCUT2D eigenvalue weighted by Gasteiger charge is -2.31. The van der Waals surface area contributed by atoms with Crippen molar-refractivity contribution in [3.63, 3.8) is 0 Å². The summed E-state index contributed by atoms with van der Waals surface area (Å²) in [6.45, 7) is 6.56. The van der Waals surface area contributed by atoms with Gasteiger partial charge in [-0.05, 0) is 47.9 Å². The van der Waals surface area contributed by atoms with E-state index in [0.29, 0.717) is 5.92 Å². The molecule has 0 saturated carbocycles. The van der Waals surface area contributed by atoms with Gasteiger partial charge >= 0.3 is 0 Å². The quantitative estimate of drug-likeness (QED) is 0.728. The SMILES string of the molecule is Cc1ccc2c(c1)C(C(CC(C)C)c1ccccc1)C(=O)C=C2. The number of allylic oxidation sites excluding steroid dienone is 1. The average molecular weight is 304 g/mol. The molecule has 0 radical (unpaired) electrons. The lowest BCUT2D eigenvalue weighted by Crippen LogP contribution is -2.23. The van der Waals surface area contributed by atoms with Crippen molar-refractivity contribution in [3.8, 4) is 0 Å². The maximum Gasteiger partial charge on any atom is 0.163 e. The number of hydrogen-bond donors (Lipinski definition) is 0. The Labute approximate surface area is 139 Å². The van der Waals surface area contributed by atoms with Gasteiger partial charge in [-0.2, -0.15) is 0 Å². The van der Waals surface area contributed by atoms with Crippen LogP contribution in [-0.2, 0) is 4.79 Å². The van der Waals surface area contributed by atoms with E-state index in [2.05, 4.69) is 63.2 Å². The molecule has 0 amide bonds. The summed E-state index contributed by atoms with van der Waals surface area (Å²) in [5.41, 5.74) is 4.85. The van der Waals surface area contributed by atoms with Crippen LogP contribution in [0.1, 0.15) is 54.4 Å². The summed E-state index contributed by atoms with van der Waals surface area (Å²) in [6.07, 6.45) is 4.74. The molecular weight excluding hydrogens is 280 g/mol. The van der Waals surface area contributed by atoms with E-state index < -0.39 is 0 Å². The molecule has 1 aliphatic rings. The Morgan fingerprint density at radius 1 is 1.00 bits per heavy atom. The second kappa shape index (κ2) is 6.54. The zero-order valence-electron chi connectivity index (χ0n) is 14.1. The minimum Gasteiger partial charge on any atom is -0.294 e. The van der Waals surface area contributed by atoms with Gasteiger partial charge in [-0.15, -0.1) is 0 Å². The molecule has 0 saturated heterocycles. The predicted molar refractivity (Wildman–Crippen MR) is 96.6 cm³/mol. The van der Waals surface area contributed by atoms with Crippen LogP contribution in [0.5, 0.6) is 0 Å². The summed E-state index contributed by atoms with van der Waals surface area (Å²) in [5.74, 6) is 0.943. The third kappa shape index (κ3) is 3.29. The first-order chi connectivity index (χ1) is 11.1. The molecule has 0 aliphatic heterocycles. The van der Waals surface area contributed by atoms with Crippen molar-refractivity contribution in [2.24, 2.45) is 5.92 Å². The molecule has 23 heavy (non-hydrogen) atoms. The van der Waals surface area contributed by atoms with Gasteiger partial charge in [-0.25, -0.2) is 0 Å². The molecule has 1 nitrogen and oxygen atoms in total. The number of rotatable bonds is 4. The molecule has 0 bridgehead atoms. The molecule has 3 rings (SSSR count). The number of benzene rings is 2. The molecular formula is C22H24O. The van der Waals surface area contributed by atoms with Gasteiger partial charge in [-0.1, -0.05) is 74.0 Å². The lowest BCUT2D eigenvalue weighted by atomic mass is 9.72. The fourth-order valence-electron chi connectivity index (χ4n) is 3.63. The van der Waals surface area contributed by atoms with E-state index in [9.17, 15) is 4.79 Å². The van der Waals surface area contributed by atoms with Crippen molar-refractivity contribution < 1.29 is 4.79 Å². The Bertz CT molecular complexity index is 725. The highest BCUT2D eigenvalue weighted by molar-refractivity contribution is 6.02. The molecule has 0 N–H and O–H groups in total. The van der Waals surface area contributed by atoms with Crippen molar-refractivity contribution >= 4 is 11.9 Å². The number of carbonyl (C=O) groups excluding carboxylic acids is 1. The lowest BCUT2D eigenvalue weighted by molar-refractivity contribution is -0.116. The number of hydrogen-bond acceptors (Lipinski definition) is 1. The highest BCUT2D eigenvalue weighted by Gasteiger charge is 2.33. The maximum absolute atomic E-state index is 12.8. The van der Waals surface area contributed by atoms with Crippen molar-refractivity contribution in [2.45, 2.75) is 39.0 Å². The Kier molecular flexibility index (Phi) is 4.47. The summed E-state index contributed by atoms with van der Waals surface area (Å²) in [5, 5.41) is 0. The van der Waals surface area contributed by atoms with Crippen molar-refractivity contribution in [2.75, 3.05) is 0 Å². The minimum atomic E-state index is -0.0697. The van der Waals surface area contributed by atoms with Crippen LogP contribution >= 0.6 is 0 Å². The Morgan fingerprint density at radius 3 is 2.43 bits per heavy atom. The topological polar surface area (TPSA) is 17.1 Å². The molecule has 2 aromatic carbocycles. The molecule has 0 spiro atoms. The molecule has 1 aliphatic carbocycles. The summed E-state index contributed by atoms with van der Waals surface area (Å²) < 4.78 is 0. The smallest absolute Gasteiger partial charge is 0.163 e. The maximum atomic E-state index is 12.8. The molecule has 2 atom stereocenters. The summed E-state index contributed by atoms with van der Waals surface area (Å²) in [4.78, 5) is 12.8. The van der Waals surface area contributed by atoms with Crippen LogP contribution in [0.2, 0.25) is 0 Å². The summed E-state index contributed by atoms with van der Waals surface area (Å²) in [7, 11) is 0. The average Bonchev–Trinajstić information content (AvgIpc) is 2.53. The molecule has 1 heteroatoms. The normalized spacial score (nSPS) is 18.1. The Morgan fingerprint density at radius 2 is 1.74 bits per heavy atom. The van der Waals surface area contributed by atoms with Gasteiger partial charge in [0.1, 0.15) is 0 Å². The fraction of sp³-hybridized carbons (Fsp3) is 0.318. The van der Waals surface area contributed by atoms with Crippen LogP contribution in [0.25, 0.3) is 6.08 Å². The van der Waals surface area contributed by atoms with Crippen LogP contribution in [-0.4, -0.2) is 5.78 Å². The van der Waals surface area contributed by atoms with E-state index in [1.807, 2.05) is 12.1 Å². The Hall–Kier alpha value is -2.15. The van der Waals surface area contributed by atoms with E-state index in [0.717, 1.165) is 6.42 Å². The van der Waals surface area contributed by atoms with Crippen LogP contribution in [0.3, 0.4) is 0 Å². The van der Waals surface area contributed by atoms with E-state index >= 15 is 0 Å². The second-order valence-corrected chi connectivity index (χ2v) is 6.99. The van der Waals surface area contributed by atoms with Crippen molar-refractivity contribution in [1.82, 2.24) is 0 Å². The Balaban J connectivity index is 2.10. The first-order valence-electron chi connectivity index (χ1n) is 8.43. The molecule has 0 fully saturated rings. The standard InChI is InChI=1S/C22H24O/c1-15(2)13-19(17-7-5-4-6-8-17)22-20-14-16(3)9-10-18(20)11-12-21(22)23/h4-12,14-15,19,22H,13H2,1-3H3. The minimum absolute atomic E-state index is 0.0697. The van der Waals surface area contributed by atoms with Gasteiger partial charge < -0.3 is 0 Å². The molecule has 2 aromatic rings. The predicted octanol–water partition coefficient (Wildman–Crippen LogP) is 5.50. The van der Waals surface area contributed by atoms with Gasteiger partial charge in [-0.3, -0.25) is 4.79 Å².